The fraction of sp³-hybridized carbons (Fsp3) is 1.00. The first-order valence-electron chi connectivity index (χ1n) is 5.78. The van der Waals surface area contributed by atoms with Gasteiger partial charge in [-0.2, -0.15) is 0 Å². The first-order valence-corrected chi connectivity index (χ1v) is 5.78. The van der Waals surface area contributed by atoms with Crippen LogP contribution in [-0.2, 0) is 0 Å². The molecule has 0 aromatic heterocycles. The molecule has 1 aliphatic rings. The topological polar surface area (TPSA) is 62.1 Å². The summed E-state index contributed by atoms with van der Waals surface area (Å²) in [6, 6.07) is 0.626. The molecular formula is C10H24N4. The summed E-state index contributed by atoms with van der Waals surface area (Å²) in [4.78, 5) is 0. The Morgan fingerprint density at radius 3 is 2.64 bits per heavy atom. The second kappa shape index (κ2) is 8.17. The van der Waals surface area contributed by atoms with E-state index in [-0.39, 0.29) is 0 Å². The van der Waals surface area contributed by atoms with Crippen LogP contribution in [0.15, 0.2) is 0 Å². The summed E-state index contributed by atoms with van der Waals surface area (Å²) in [5.41, 5.74) is 5.48. The molecule has 1 unspecified atom stereocenters. The molecule has 0 spiro atoms. The Kier molecular flexibility index (Phi) is 6.95. The van der Waals surface area contributed by atoms with E-state index in [9.17, 15) is 0 Å². The smallest absolute Gasteiger partial charge is 0.0193 e. The van der Waals surface area contributed by atoms with Crippen LogP contribution in [0.25, 0.3) is 0 Å². The molecule has 5 N–H and O–H groups in total. The molecule has 1 atom stereocenters. The van der Waals surface area contributed by atoms with Crippen LogP contribution in [-0.4, -0.2) is 45.3 Å². The molecule has 84 valence electrons. The first-order chi connectivity index (χ1) is 6.93. The third-order valence-corrected chi connectivity index (χ3v) is 2.61. The molecule has 4 heteroatoms. The molecule has 0 saturated carbocycles. The van der Waals surface area contributed by atoms with Crippen molar-refractivity contribution in [3.8, 4) is 0 Å². The van der Waals surface area contributed by atoms with Gasteiger partial charge in [-0.15, -0.1) is 0 Å². The fourth-order valence-electron chi connectivity index (χ4n) is 1.75. The van der Waals surface area contributed by atoms with Crippen molar-refractivity contribution in [1.29, 1.82) is 0 Å². The van der Waals surface area contributed by atoms with E-state index in [2.05, 4.69) is 16.0 Å². The van der Waals surface area contributed by atoms with Crippen LogP contribution >= 0.6 is 0 Å². The van der Waals surface area contributed by atoms with Gasteiger partial charge < -0.3 is 21.7 Å². The van der Waals surface area contributed by atoms with Crippen LogP contribution in [0.5, 0.6) is 0 Å². The molecule has 14 heavy (non-hydrogen) atoms. The van der Waals surface area contributed by atoms with Crippen molar-refractivity contribution >= 4 is 0 Å². The van der Waals surface area contributed by atoms with Gasteiger partial charge in [0.15, 0.2) is 0 Å². The lowest BCUT2D eigenvalue weighted by Crippen LogP contribution is -2.39. The maximum atomic E-state index is 5.48. The molecule has 1 rings (SSSR count). The molecule has 0 radical (unpaired) electrons. The summed E-state index contributed by atoms with van der Waals surface area (Å²) < 4.78 is 0. The highest BCUT2D eigenvalue weighted by Gasteiger charge is 2.07. The number of rotatable bonds is 4. The maximum Gasteiger partial charge on any atom is 0.0193 e. The molecule has 1 heterocycles. The summed E-state index contributed by atoms with van der Waals surface area (Å²) in [7, 11) is 0. The number of hydrogen-bond donors (Lipinski definition) is 4. The highest BCUT2D eigenvalue weighted by molar-refractivity contribution is 4.72. The molecular weight excluding hydrogens is 176 g/mol. The van der Waals surface area contributed by atoms with Crippen LogP contribution in [0.2, 0.25) is 0 Å². The van der Waals surface area contributed by atoms with Gasteiger partial charge >= 0.3 is 0 Å². The monoisotopic (exact) mass is 200 g/mol. The minimum absolute atomic E-state index is 0.626. The largest absolute Gasteiger partial charge is 0.330 e. The third kappa shape index (κ3) is 5.54. The van der Waals surface area contributed by atoms with Crippen LogP contribution in [0, 0.1) is 0 Å². The van der Waals surface area contributed by atoms with E-state index in [1.165, 1.54) is 12.8 Å². The standard InChI is InChI=1S/C10H24N4/c11-4-2-1-3-10-9-13-6-5-12-7-8-14-10/h10,12-14H,1-9,11H2. The predicted octanol–water partition coefficient (Wildman–Crippen LogP) is -0.734. The van der Waals surface area contributed by atoms with Gasteiger partial charge in [-0.05, 0) is 19.4 Å². The maximum absolute atomic E-state index is 5.48. The van der Waals surface area contributed by atoms with E-state index in [0.29, 0.717) is 6.04 Å². The molecule has 0 aromatic rings. The minimum atomic E-state index is 0.626. The van der Waals surface area contributed by atoms with Gasteiger partial charge in [0, 0.05) is 38.8 Å². The van der Waals surface area contributed by atoms with Crippen molar-refractivity contribution in [1.82, 2.24) is 16.0 Å². The van der Waals surface area contributed by atoms with Gasteiger partial charge in [-0.3, -0.25) is 0 Å². The Hall–Kier alpha value is -0.160. The van der Waals surface area contributed by atoms with Crippen molar-refractivity contribution in [3.63, 3.8) is 0 Å². The second-order valence-electron chi connectivity index (χ2n) is 3.89. The van der Waals surface area contributed by atoms with E-state index >= 15 is 0 Å². The van der Waals surface area contributed by atoms with E-state index < -0.39 is 0 Å². The van der Waals surface area contributed by atoms with Crippen molar-refractivity contribution < 1.29 is 0 Å². The van der Waals surface area contributed by atoms with Gasteiger partial charge in [0.2, 0.25) is 0 Å². The number of nitrogens with one attached hydrogen (secondary N) is 3. The average Bonchev–Trinajstić information content (AvgIpc) is 2.32. The Morgan fingerprint density at radius 1 is 1.00 bits per heavy atom. The number of hydrogen-bond acceptors (Lipinski definition) is 4. The molecule has 0 aromatic carbocycles. The van der Waals surface area contributed by atoms with Gasteiger partial charge in [-0.25, -0.2) is 0 Å². The molecule has 1 aliphatic heterocycles. The Bertz CT molecular complexity index is 119. The molecule has 4 nitrogen and oxygen atoms in total. The van der Waals surface area contributed by atoms with E-state index in [1.54, 1.807) is 0 Å². The van der Waals surface area contributed by atoms with Crippen LogP contribution in [0.4, 0.5) is 0 Å². The lowest BCUT2D eigenvalue weighted by molar-refractivity contribution is 0.450. The van der Waals surface area contributed by atoms with Gasteiger partial charge in [0.25, 0.3) is 0 Å². The summed E-state index contributed by atoms with van der Waals surface area (Å²) in [5.74, 6) is 0. The van der Waals surface area contributed by atoms with Crippen LogP contribution in [0.3, 0.4) is 0 Å². The predicted molar refractivity (Wildman–Crippen MR) is 60.4 cm³/mol. The summed E-state index contributed by atoms with van der Waals surface area (Å²) >= 11 is 0. The highest BCUT2D eigenvalue weighted by Crippen LogP contribution is 1.99. The SMILES string of the molecule is NCCCCC1CNCCNCCN1. The zero-order valence-corrected chi connectivity index (χ0v) is 9.02. The lowest BCUT2D eigenvalue weighted by atomic mass is 10.1. The third-order valence-electron chi connectivity index (χ3n) is 2.61. The second-order valence-corrected chi connectivity index (χ2v) is 3.89. The summed E-state index contributed by atoms with van der Waals surface area (Å²) in [6.45, 7) is 6.23. The van der Waals surface area contributed by atoms with E-state index in [0.717, 1.165) is 45.7 Å². The number of nitrogens with two attached hydrogens (primary N) is 1. The molecule has 0 aliphatic carbocycles. The van der Waals surface area contributed by atoms with Gasteiger partial charge in [0.1, 0.15) is 0 Å². The van der Waals surface area contributed by atoms with Gasteiger partial charge in [0.05, 0.1) is 0 Å². The van der Waals surface area contributed by atoms with E-state index in [4.69, 9.17) is 5.73 Å². The fourth-order valence-corrected chi connectivity index (χ4v) is 1.75. The van der Waals surface area contributed by atoms with Crippen molar-refractivity contribution in [2.24, 2.45) is 5.73 Å². The Morgan fingerprint density at radius 2 is 1.79 bits per heavy atom. The molecule has 1 fully saturated rings. The van der Waals surface area contributed by atoms with Crippen molar-refractivity contribution in [3.05, 3.63) is 0 Å². The summed E-state index contributed by atoms with van der Waals surface area (Å²) in [5, 5.41) is 10.4. The molecule has 1 saturated heterocycles. The zero-order chi connectivity index (χ0) is 10.1. The quantitative estimate of drug-likeness (QED) is 0.452. The summed E-state index contributed by atoms with van der Waals surface area (Å²) in [6.07, 6.45) is 3.63. The first kappa shape index (κ1) is 11.9. The lowest BCUT2D eigenvalue weighted by Gasteiger charge is -2.17. The zero-order valence-electron chi connectivity index (χ0n) is 9.02. The molecule has 0 amide bonds. The normalized spacial score (nSPS) is 25.1. The Labute approximate surface area is 87.0 Å². The van der Waals surface area contributed by atoms with Crippen molar-refractivity contribution in [2.75, 3.05) is 39.3 Å². The van der Waals surface area contributed by atoms with Gasteiger partial charge in [-0.1, -0.05) is 6.42 Å². The molecule has 0 bridgehead atoms. The number of unbranched alkanes of at least 4 members (excludes halogenated alkanes) is 1. The minimum Gasteiger partial charge on any atom is -0.330 e. The van der Waals surface area contributed by atoms with Crippen LogP contribution < -0.4 is 21.7 Å². The highest BCUT2D eigenvalue weighted by atomic mass is 15.0. The van der Waals surface area contributed by atoms with Crippen LogP contribution in [0.1, 0.15) is 19.3 Å². The van der Waals surface area contributed by atoms with E-state index in [1.807, 2.05) is 0 Å². The van der Waals surface area contributed by atoms with Crippen molar-refractivity contribution in [2.45, 2.75) is 25.3 Å². The Balaban J connectivity index is 2.12. The average molecular weight is 200 g/mol.